The lowest BCUT2D eigenvalue weighted by molar-refractivity contribution is 0.549. The van der Waals surface area contributed by atoms with Crippen LogP contribution in [0.3, 0.4) is 0 Å². The number of nitrogens with zero attached hydrogens (tertiary/aromatic N) is 1. The molecule has 2 aliphatic carbocycles. The highest BCUT2D eigenvalue weighted by molar-refractivity contribution is 5.78. The van der Waals surface area contributed by atoms with Gasteiger partial charge in [0.05, 0.1) is 6.54 Å². The van der Waals surface area contributed by atoms with E-state index in [1.54, 1.807) is 0 Å². The number of benzene rings is 1. The molecule has 5 heteroatoms. The number of nitrogens with two attached hydrogens (primary N) is 1. The van der Waals surface area contributed by atoms with Gasteiger partial charge < -0.3 is 11.1 Å². The van der Waals surface area contributed by atoms with E-state index in [0.29, 0.717) is 24.1 Å². The second-order valence-corrected chi connectivity index (χ2v) is 5.52. The van der Waals surface area contributed by atoms with Crippen LogP contribution in [0.25, 0.3) is 0 Å². The second-order valence-electron chi connectivity index (χ2n) is 5.52. The Morgan fingerprint density at radius 2 is 2.11 bits per heavy atom. The summed E-state index contributed by atoms with van der Waals surface area (Å²) in [5.74, 6) is -0.604. The molecule has 3 N–H and O–H groups in total. The van der Waals surface area contributed by atoms with Gasteiger partial charge >= 0.3 is 0 Å². The zero-order chi connectivity index (χ0) is 13.5. The molecule has 19 heavy (non-hydrogen) atoms. The Morgan fingerprint density at radius 3 is 2.68 bits per heavy atom. The maximum atomic E-state index is 13.8. The van der Waals surface area contributed by atoms with Crippen LogP contribution in [-0.2, 0) is 5.41 Å². The molecule has 0 atom stereocenters. The second kappa shape index (κ2) is 4.47. The molecule has 3 rings (SSSR count). The summed E-state index contributed by atoms with van der Waals surface area (Å²) in [4.78, 5) is 4.30. The van der Waals surface area contributed by atoms with Gasteiger partial charge in [-0.1, -0.05) is 6.07 Å². The van der Waals surface area contributed by atoms with Crippen molar-refractivity contribution in [3.8, 4) is 0 Å². The molecule has 0 unspecified atom stereocenters. The summed E-state index contributed by atoms with van der Waals surface area (Å²) in [5, 5.41) is 3.10. The summed E-state index contributed by atoms with van der Waals surface area (Å²) in [6, 6.07) is 4.22. The average Bonchev–Trinajstić information content (AvgIpc) is 3.22. The number of halogens is 2. The maximum Gasteiger partial charge on any atom is 0.188 e. The first-order valence-electron chi connectivity index (χ1n) is 6.61. The van der Waals surface area contributed by atoms with Gasteiger partial charge in [0.2, 0.25) is 0 Å². The Morgan fingerprint density at radius 1 is 1.37 bits per heavy atom. The largest absolute Gasteiger partial charge is 0.370 e. The zero-order valence-electron chi connectivity index (χ0n) is 10.6. The molecule has 1 aromatic rings. The first kappa shape index (κ1) is 12.4. The van der Waals surface area contributed by atoms with Crippen LogP contribution >= 0.6 is 0 Å². The Kier molecular flexibility index (Phi) is 2.92. The fourth-order valence-electron chi connectivity index (χ4n) is 2.30. The predicted octanol–water partition coefficient (Wildman–Crippen LogP) is 2.06. The fourth-order valence-corrected chi connectivity index (χ4v) is 2.30. The number of hydrogen-bond donors (Lipinski definition) is 2. The molecular formula is C14H17F2N3. The van der Waals surface area contributed by atoms with E-state index in [9.17, 15) is 8.78 Å². The van der Waals surface area contributed by atoms with Gasteiger partial charge in [0, 0.05) is 17.5 Å². The van der Waals surface area contributed by atoms with Crippen molar-refractivity contribution in [3.05, 3.63) is 35.4 Å². The molecule has 0 heterocycles. The SMILES string of the molecule is NC(=NCC1(c2ccc(F)cc2F)CC1)NC1CC1. The third kappa shape index (κ3) is 2.69. The van der Waals surface area contributed by atoms with E-state index < -0.39 is 11.6 Å². The van der Waals surface area contributed by atoms with Crippen LogP contribution in [0.2, 0.25) is 0 Å². The monoisotopic (exact) mass is 265 g/mol. The van der Waals surface area contributed by atoms with E-state index in [0.717, 1.165) is 31.7 Å². The third-order valence-corrected chi connectivity index (χ3v) is 3.84. The number of nitrogens with one attached hydrogen (secondary N) is 1. The van der Waals surface area contributed by atoms with E-state index >= 15 is 0 Å². The van der Waals surface area contributed by atoms with E-state index in [-0.39, 0.29) is 5.41 Å². The molecule has 0 amide bonds. The summed E-state index contributed by atoms with van der Waals surface area (Å²) in [7, 11) is 0. The number of aliphatic imine (C=N–C) groups is 1. The highest BCUT2D eigenvalue weighted by Crippen LogP contribution is 2.49. The Hall–Kier alpha value is -1.65. The summed E-state index contributed by atoms with van der Waals surface area (Å²) < 4.78 is 26.7. The van der Waals surface area contributed by atoms with E-state index in [4.69, 9.17) is 5.73 Å². The van der Waals surface area contributed by atoms with Crippen molar-refractivity contribution in [3.63, 3.8) is 0 Å². The van der Waals surface area contributed by atoms with Gasteiger partial charge in [0.1, 0.15) is 11.6 Å². The van der Waals surface area contributed by atoms with Gasteiger partial charge in [0.25, 0.3) is 0 Å². The van der Waals surface area contributed by atoms with Crippen molar-refractivity contribution in [1.82, 2.24) is 5.32 Å². The number of rotatable bonds is 4. The quantitative estimate of drug-likeness (QED) is 0.646. The number of guanidine groups is 1. The number of hydrogen-bond acceptors (Lipinski definition) is 1. The lowest BCUT2D eigenvalue weighted by atomic mass is 9.95. The predicted molar refractivity (Wildman–Crippen MR) is 69.9 cm³/mol. The van der Waals surface area contributed by atoms with Gasteiger partial charge in [-0.05, 0) is 37.3 Å². The lowest BCUT2D eigenvalue weighted by Gasteiger charge is -2.14. The molecule has 0 aliphatic heterocycles. The van der Waals surface area contributed by atoms with Crippen molar-refractivity contribution in [2.45, 2.75) is 37.1 Å². The maximum absolute atomic E-state index is 13.8. The van der Waals surface area contributed by atoms with Crippen LogP contribution in [0, 0.1) is 11.6 Å². The molecule has 102 valence electrons. The molecule has 2 saturated carbocycles. The van der Waals surface area contributed by atoms with Gasteiger partial charge in [-0.3, -0.25) is 4.99 Å². The molecule has 3 nitrogen and oxygen atoms in total. The highest BCUT2D eigenvalue weighted by atomic mass is 19.1. The minimum absolute atomic E-state index is 0.284. The molecule has 2 fully saturated rings. The van der Waals surface area contributed by atoms with Crippen molar-refractivity contribution in [1.29, 1.82) is 0 Å². The summed E-state index contributed by atoms with van der Waals surface area (Å²) in [5.41, 5.74) is 6.04. The topological polar surface area (TPSA) is 50.4 Å². The fraction of sp³-hybridized carbons (Fsp3) is 0.500. The Labute approximate surface area is 110 Å². The van der Waals surface area contributed by atoms with Crippen LogP contribution in [0.4, 0.5) is 8.78 Å². The first-order chi connectivity index (χ1) is 9.09. The van der Waals surface area contributed by atoms with Gasteiger partial charge in [-0.25, -0.2) is 8.78 Å². The minimum Gasteiger partial charge on any atom is -0.370 e. The standard InChI is InChI=1S/C14H17F2N3/c15-9-1-4-11(12(16)7-9)14(5-6-14)8-18-13(17)19-10-2-3-10/h1,4,7,10H,2-3,5-6,8H2,(H3,17,18,19). The van der Waals surface area contributed by atoms with Gasteiger partial charge in [-0.15, -0.1) is 0 Å². The van der Waals surface area contributed by atoms with Crippen LogP contribution in [0.1, 0.15) is 31.2 Å². The molecule has 0 aromatic heterocycles. The van der Waals surface area contributed by atoms with E-state index in [2.05, 4.69) is 10.3 Å². The highest BCUT2D eigenvalue weighted by Gasteiger charge is 2.46. The Balaban J connectivity index is 1.72. The van der Waals surface area contributed by atoms with Gasteiger partial charge in [0.15, 0.2) is 5.96 Å². The van der Waals surface area contributed by atoms with Crippen molar-refractivity contribution in [2.24, 2.45) is 10.7 Å². The molecular weight excluding hydrogens is 248 g/mol. The molecule has 0 bridgehead atoms. The molecule has 0 spiro atoms. The van der Waals surface area contributed by atoms with E-state index in [1.807, 2.05) is 0 Å². The molecule has 2 aliphatic rings. The van der Waals surface area contributed by atoms with Crippen LogP contribution in [-0.4, -0.2) is 18.5 Å². The zero-order valence-corrected chi connectivity index (χ0v) is 10.6. The summed E-state index contributed by atoms with van der Waals surface area (Å²) in [6.07, 6.45) is 4.01. The van der Waals surface area contributed by atoms with Crippen molar-refractivity contribution < 1.29 is 8.78 Å². The lowest BCUT2D eigenvalue weighted by Crippen LogP contribution is -2.34. The van der Waals surface area contributed by atoms with E-state index in [1.165, 1.54) is 12.1 Å². The van der Waals surface area contributed by atoms with Gasteiger partial charge in [-0.2, -0.15) is 0 Å². The molecule has 0 saturated heterocycles. The van der Waals surface area contributed by atoms with Crippen molar-refractivity contribution in [2.75, 3.05) is 6.54 Å². The van der Waals surface area contributed by atoms with Crippen LogP contribution in [0.15, 0.2) is 23.2 Å². The van der Waals surface area contributed by atoms with Crippen LogP contribution < -0.4 is 11.1 Å². The molecule has 0 radical (unpaired) electrons. The minimum atomic E-state index is -0.546. The van der Waals surface area contributed by atoms with Crippen LogP contribution in [0.5, 0.6) is 0 Å². The molecule has 1 aromatic carbocycles. The summed E-state index contributed by atoms with van der Waals surface area (Å²) in [6.45, 7) is 0.459. The summed E-state index contributed by atoms with van der Waals surface area (Å²) >= 11 is 0. The smallest absolute Gasteiger partial charge is 0.188 e. The normalized spacial score (nSPS) is 21.3. The third-order valence-electron chi connectivity index (χ3n) is 3.84. The first-order valence-corrected chi connectivity index (χ1v) is 6.61. The Bertz CT molecular complexity index is 519. The average molecular weight is 265 g/mol. The van der Waals surface area contributed by atoms with Crippen molar-refractivity contribution >= 4 is 5.96 Å².